The van der Waals surface area contributed by atoms with Gasteiger partial charge in [-0.15, -0.1) is 0 Å². The minimum atomic E-state index is 0.501. The molecule has 0 radical (unpaired) electrons. The monoisotopic (exact) mass is 253 g/mol. The lowest BCUT2D eigenvalue weighted by atomic mass is 10.1. The Hall–Kier alpha value is -0.910. The van der Waals surface area contributed by atoms with E-state index in [1.165, 1.54) is 0 Å². The standard InChI is InChI=1S/C13H23N3O2/c1-3-12-10-17-6-5-16(12)9-13-7-11(15-18-13)8-14-4-2/h7,12,14H,3-6,8-10H2,1-2H3. The van der Waals surface area contributed by atoms with Gasteiger partial charge < -0.3 is 14.6 Å². The van der Waals surface area contributed by atoms with Gasteiger partial charge in [-0.1, -0.05) is 19.0 Å². The Morgan fingerprint density at radius 3 is 3.17 bits per heavy atom. The second-order valence-corrected chi connectivity index (χ2v) is 4.67. The number of hydrogen-bond donors (Lipinski definition) is 1. The summed E-state index contributed by atoms with van der Waals surface area (Å²) in [6.45, 7) is 9.46. The molecule has 2 rings (SSSR count). The molecule has 2 heterocycles. The lowest BCUT2D eigenvalue weighted by Crippen LogP contribution is -2.44. The van der Waals surface area contributed by atoms with E-state index in [9.17, 15) is 0 Å². The predicted molar refractivity (Wildman–Crippen MR) is 69.2 cm³/mol. The van der Waals surface area contributed by atoms with E-state index in [-0.39, 0.29) is 0 Å². The van der Waals surface area contributed by atoms with Gasteiger partial charge in [-0.2, -0.15) is 0 Å². The first kappa shape index (κ1) is 13.5. The fourth-order valence-electron chi connectivity index (χ4n) is 2.24. The highest BCUT2D eigenvalue weighted by atomic mass is 16.5. The van der Waals surface area contributed by atoms with Crippen LogP contribution in [0.1, 0.15) is 31.7 Å². The highest BCUT2D eigenvalue weighted by molar-refractivity contribution is 5.05. The van der Waals surface area contributed by atoms with Gasteiger partial charge in [-0.05, 0) is 13.0 Å². The summed E-state index contributed by atoms with van der Waals surface area (Å²) in [6, 6.07) is 2.55. The topological polar surface area (TPSA) is 50.5 Å². The lowest BCUT2D eigenvalue weighted by molar-refractivity contribution is -0.0160. The van der Waals surface area contributed by atoms with Crippen LogP contribution in [-0.2, 0) is 17.8 Å². The van der Waals surface area contributed by atoms with Gasteiger partial charge in [0.05, 0.1) is 25.5 Å². The van der Waals surface area contributed by atoms with Crippen LogP contribution in [0.5, 0.6) is 0 Å². The zero-order valence-corrected chi connectivity index (χ0v) is 11.3. The van der Waals surface area contributed by atoms with E-state index in [1.54, 1.807) is 0 Å². The molecule has 0 aromatic carbocycles. The minimum absolute atomic E-state index is 0.501. The second kappa shape index (κ2) is 6.87. The van der Waals surface area contributed by atoms with E-state index in [1.807, 2.05) is 6.07 Å². The largest absolute Gasteiger partial charge is 0.378 e. The predicted octanol–water partition coefficient (Wildman–Crippen LogP) is 1.39. The van der Waals surface area contributed by atoms with Crippen molar-refractivity contribution in [2.45, 2.75) is 39.4 Å². The van der Waals surface area contributed by atoms with E-state index in [0.717, 1.165) is 57.3 Å². The van der Waals surface area contributed by atoms with E-state index < -0.39 is 0 Å². The van der Waals surface area contributed by atoms with Gasteiger partial charge in [0.2, 0.25) is 0 Å². The van der Waals surface area contributed by atoms with Crippen molar-refractivity contribution in [3.05, 3.63) is 17.5 Å². The normalized spacial score (nSPS) is 21.3. The smallest absolute Gasteiger partial charge is 0.151 e. The Kier molecular flexibility index (Phi) is 5.16. The SMILES string of the molecule is CCNCc1cc(CN2CCOCC2CC)on1. The summed E-state index contributed by atoms with van der Waals surface area (Å²) in [5.74, 6) is 0.947. The summed E-state index contributed by atoms with van der Waals surface area (Å²) in [7, 11) is 0. The van der Waals surface area contributed by atoms with Crippen molar-refractivity contribution in [1.82, 2.24) is 15.4 Å². The average molecular weight is 253 g/mol. The molecule has 1 saturated heterocycles. The fraction of sp³-hybridized carbons (Fsp3) is 0.769. The summed E-state index contributed by atoms with van der Waals surface area (Å²) in [5, 5.41) is 7.32. The molecule has 0 saturated carbocycles. The summed E-state index contributed by atoms with van der Waals surface area (Å²) in [5.41, 5.74) is 0.980. The van der Waals surface area contributed by atoms with Crippen LogP contribution in [-0.4, -0.2) is 42.4 Å². The number of aromatic nitrogens is 1. The molecule has 1 atom stereocenters. The molecule has 18 heavy (non-hydrogen) atoms. The van der Waals surface area contributed by atoms with Gasteiger partial charge in [-0.25, -0.2) is 0 Å². The zero-order valence-electron chi connectivity index (χ0n) is 11.3. The Balaban J connectivity index is 1.89. The van der Waals surface area contributed by atoms with Crippen LogP contribution < -0.4 is 5.32 Å². The third-order valence-electron chi connectivity index (χ3n) is 3.34. The number of hydrogen-bond acceptors (Lipinski definition) is 5. The molecule has 1 aliphatic rings. The molecular weight excluding hydrogens is 230 g/mol. The summed E-state index contributed by atoms with van der Waals surface area (Å²) in [6.07, 6.45) is 1.11. The molecule has 0 spiro atoms. The molecule has 102 valence electrons. The van der Waals surface area contributed by atoms with Gasteiger partial charge in [0.1, 0.15) is 0 Å². The van der Waals surface area contributed by atoms with Crippen molar-refractivity contribution in [1.29, 1.82) is 0 Å². The Labute approximate surface area is 108 Å². The van der Waals surface area contributed by atoms with Gasteiger partial charge in [0.25, 0.3) is 0 Å². The first-order valence-electron chi connectivity index (χ1n) is 6.80. The van der Waals surface area contributed by atoms with E-state index in [4.69, 9.17) is 9.26 Å². The van der Waals surface area contributed by atoms with E-state index >= 15 is 0 Å². The average Bonchev–Trinajstić information content (AvgIpc) is 2.84. The van der Waals surface area contributed by atoms with Gasteiger partial charge in [-0.3, -0.25) is 4.90 Å². The van der Waals surface area contributed by atoms with Crippen molar-refractivity contribution >= 4 is 0 Å². The third kappa shape index (κ3) is 3.54. The highest BCUT2D eigenvalue weighted by Crippen LogP contribution is 2.15. The molecule has 1 fully saturated rings. The maximum atomic E-state index is 5.50. The summed E-state index contributed by atoms with van der Waals surface area (Å²) < 4.78 is 10.9. The van der Waals surface area contributed by atoms with Crippen LogP contribution in [0, 0.1) is 0 Å². The molecule has 0 amide bonds. The first-order valence-corrected chi connectivity index (χ1v) is 6.80. The Morgan fingerprint density at radius 1 is 1.50 bits per heavy atom. The number of morpholine rings is 1. The van der Waals surface area contributed by atoms with Crippen LogP contribution in [0.15, 0.2) is 10.6 Å². The molecule has 1 aromatic heterocycles. The fourth-order valence-corrected chi connectivity index (χ4v) is 2.24. The number of ether oxygens (including phenoxy) is 1. The molecule has 1 unspecified atom stereocenters. The van der Waals surface area contributed by atoms with Crippen LogP contribution >= 0.6 is 0 Å². The Bertz CT molecular complexity index is 354. The van der Waals surface area contributed by atoms with Gasteiger partial charge in [0, 0.05) is 25.2 Å². The highest BCUT2D eigenvalue weighted by Gasteiger charge is 2.22. The van der Waals surface area contributed by atoms with Crippen molar-refractivity contribution in [2.75, 3.05) is 26.3 Å². The van der Waals surface area contributed by atoms with Crippen molar-refractivity contribution in [3.8, 4) is 0 Å². The first-order chi connectivity index (χ1) is 8.83. The maximum absolute atomic E-state index is 5.50. The second-order valence-electron chi connectivity index (χ2n) is 4.67. The molecule has 5 nitrogen and oxygen atoms in total. The van der Waals surface area contributed by atoms with Crippen molar-refractivity contribution < 1.29 is 9.26 Å². The molecule has 1 aromatic rings. The van der Waals surface area contributed by atoms with Crippen LogP contribution in [0.2, 0.25) is 0 Å². The van der Waals surface area contributed by atoms with Crippen LogP contribution in [0.3, 0.4) is 0 Å². The van der Waals surface area contributed by atoms with Crippen LogP contribution in [0.25, 0.3) is 0 Å². The molecular formula is C13H23N3O2. The van der Waals surface area contributed by atoms with Crippen molar-refractivity contribution in [3.63, 3.8) is 0 Å². The Morgan fingerprint density at radius 2 is 2.39 bits per heavy atom. The van der Waals surface area contributed by atoms with Crippen molar-refractivity contribution in [2.24, 2.45) is 0 Å². The lowest BCUT2D eigenvalue weighted by Gasteiger charge is -2.34. The molecule has 0 bridgehead atoms. The number of nitrogens with zero attached hydrogens (tertiary/aromatic N) is 2. The molecule has 1 N–H and O–H groups in total. The zero-order chi connectivity index (χ0) is 12.8. The van der Waals surface area contributed by atoms with E-state index in [2.05, 4.69) is 29.2 Å². The quantitative estimate of drug-likeness (QED) is 0.830. The van der Waals surface area contributed by atoms with Crippen LogP contribution in [0.4, 0.5) is 0 Å². The van der Waals surface area contributed by atoms with Gasteiger partial charge in [0.15, 0.2) is 5.76 Å². The summed E-state index contributed by atoms with van der Waals surface area (Å²) in [4.78, 5) is 2.42. The van der Waals surface area contributed by atoms with Gasteiger partial charge >= 0.3 is 0 Å². The number of nitrogens with one attached hydrogen (secondary N) is 1. The molecule has 0 aliphatic carbocycles. The maximum Gasteiger partial charge on any atom is 0.151 e. The minimum Gasteiger partial charge on any atom is -0.378 e. The van der Waals surface area contributed by atoms with E-state index in [0.29, 0.717) is 6.04 Å². The third-order valence-corrected chi connectivity index (χ3v) is 3.34. The summed E-state index contributed by atoms with van der Waals surface area (Å²) >= 11 is 0. The number of rotatable bonds is 6. The molecule has 5 heteroatoms. The molecule has 1 aliphatic heterocycles.